The summed E-state index contributed by atoms with van der Waals surface area (Å²) in [5.74, 6) is 0.661. The third-order valence-corrected chi connectivity index (χ3v) is 1.49. The minimum absolute atomic E-state index is 0. The molecule has 1 nitrogen and oxygen atoms in total. The summed E-state index contributed by atoms with van der Waals surface area (Å²) in [7, 11) is 0. The van der Waals surface area contributed by atoms with Crippen molar-refractivity contribution in [3.63, 3.8) is 0 Å². The minimum atomic E-state index is 0. The molecule has 11 heavy (non-hydrogen) atoms. The van der Waals surface area contributed by atoms with Crippen LogP contribution in [0.2, 0.25) is 0 Å². The minimum Gasteiger partial charge on any atom is -0.340 e. The van der Waals surface area contributed by atoms with Crippen LogP contribution >= 0.6 is 0 Å². The molecule has 1 unspecified atom stereocenters. The third-order valence-electron chi connectivity index (χ3n) is 1.49. The summed E-state index contributed by atoms with van der Waals surface area (Å²) in [4.78, 5) is 10.7. The maximum absolute atomic E-state index is 10.7. The predicted molar refractivity (Wildman–Crippen MR) is 45.8 cm³/mol. The van der Waals surface area contributed by atoms with Gasteiger partial charge in [-0.2, -0.15) is 5.92 Å². The summed E-state index contributed by atoms with van der Waals surface area (Å²) in [5, 5.41) is 0. The standard InChI is InChI=1S/C8H15O.CH4.Y/c1-4-7(3)6-8(9)5-2;;/h7H,3-6H2,1-2H3;1H4;/q-1;;. The first kappa shape index (κ1) is 17.8. The average Bonchev–Trinajstić information content (AvgIpc) is 1.87. The van der Waals surface area contributed by atoms with Crippen LogP contribution in [0.15, 0.2) is 0 Å². The van der Waals surface area contributed by atoms with E-state index in [9.17, 15) is 4.79 Å². The van der Waals surface area contributed by atoms with Gasteiger partial charge in [0.1, 0.15) is 5.78 Å². The molecule has 0 rings (SSSR count). The summed E-state index contributed by atoms with van der Waals surface area (Å²) in [6, 6.07) is 0. The van der Waals surface area contributed by atoms with E-state index in [-0.39, 0.29) is 40.1 Å². The van der Waals surface area contributed by atoms with Gasteiger partial charge in [0.15, 0.2) is 0 Å². The number of Topliss-reactive ketones (excluding diaryl/α,β-unsaturated/α-hetero) is 1. The molecule has 0 saturated heterocycles. The van der Waals surface area contributed by atoms with Crippen LogP contribution in [0.3, 0.4) is 0 Å². The van der Waals surface area contributed by atoms with Crippen molar-refractivity contribution in [1.29, 1.82) is 0 Å². The summed E-state index contributed by atoms with van der Waals surface area (Å²) in [5.41, 5.74) is 0. The number of rotatable bonds is 4. The average molecular weight is 232 g/mol. The molecule has 0 N–H and O–H groups in total. The molecule has 1 radical (unpaired) electrons. The van der Waals surface area contributed by atoms with Crippen molar-refractivity contribution in [3.8, 4) is 0 Å². The fraction of sp³-hybridized carbons (Fsp3) is 0.778. The topological polar surface area (TPSA) is 17.1 Å². The molecule has 0 heterocycles. The molecule has 0 aliphatic heterocycles. The Morgan fingerprint density at radius 1 is 1.45 bits per heavy atom. The van der Waals surface area contributed by atoms with Crippen LogP contribution in [-0.2, 0) is 37.5 Å². The van der Waals surface area contributed by atoms with E-state index in [1.54, 1.807) is 0 Å². The quantitative estimate of drug-likeness (QED) is 0.681. The molecule has 1 atom stereocenters. The van der Waals surface area contributed by atoms with Crippen LogP contribution in [0.5, 0.6) is 0 Å². The summed E-state index contributed by atoms with van der Waals surface area (Å²) in [6.45, 7) is 7.77. The van der Waals surface area contributed by atoms with Gasteiger partial charge < -0.3 is 6.92 Å². The molecule has 2 heteroatoms. The van der Waals surface area contributed by atoms with Gasteiger partial charge in [-0.25, -0.2) is 0 Å². The van der Waals surface area contributed by atoms with Crippen molar-refractivity contribution >= 4 is 5.78 Å². The van der Waals surface area contributed by atoms with Crippen LogP contribution in [0.25, 0.3) is 0 Å². The zero-order valence-electron chi connectivity index (χ0n) is 6.89. The Labute approximate surface area is 96.2 Å². The molecule has 0 aliphatic carbocycles. The summed E-state index contributed by atoms with van der Waals surface area (Å²) in [6.07, 6.45) is 2.32. The second-order valence-electron chi connectivity index (χ2n) is 2.37. The molecule has 0 aromatic heterocycles. The van der Waals surface area contributed by atoms with Crippen molar-refractivity contribution in [2.75, 3.05) is 0 Å². The van der Waals surface area contributed by atoms with Crippen molar-refractivity contribution in [3.05, 3.63) is 6.92 Å². The van der Waals surface area contributed by atoms with Gasteiger partial charge in [-0.3, -0.25) is 4.79 Å². The van der Waals surface area contributed by atoms with Gasteiger partial charge in [0, 0.05) is 39.1 Å². The number of ketones is 1. The fourth-order valence-electron chi connectivity index (χ4n) is 0.611. The Balaban J connectivity index is -0.000000320. The van der Waals surface area contributed by atoms with Gasteiger partial charge in [-0.1, -0.05) is 27.7 Å². The second-order valence-corrected chi connectivity index (χ2v) is 2.37. The number of carbonyl (C=O) groups excluding carboxylic acids is 1. The smallest absolute Gasteiger partial charge is 0.130 e. The normalized spacial score (nSPS) is 10.8. The molecule has 0 saturated carbocycles. The molecule has 0 bridgehead atoms. The van der Waals surface area contributed by atoms with Crippen LogP contribution in [0, 0.1) is 12.8 Å². The molecule has 0 aromatic rings. The molecular weight excluding hydrogens is 213 g/mol. The van der Waals surface area contributed by atoms with E-state index in [1.807, 2.05) is 6.92 Å². The van der Waals surface area contributed by atoms with Gasteiger partial charge in [0.05, 0.1) is 0 Å². The zero-order chi connectivity index (χ0) is 7.28. The number of carbonyl (C=O) groups is 1. The van der Waals surface area contributed by atoms with E-state index in [1.165, 1.54) is 0 Å². The number of hydrogen-bond acceptors (Lipinski definition) is 1. The molecular formula is C9H19OY-. The summed E-state index contributed by atoms with van der Waals surface area (Å²) >= 11 is 0. The fourth-order valence-corrected chi connectivity index (χ4v) is 0.611. The van der Waals surface area contributed by atoms with Gasteiger partial charge in [-0.05, 0) is 6.42 Å². The molecule has 0 fully saturated rings. The third kappa shape index (κ3) is 10.8. The van der Waals surface area contributed by atoms with E-state index < -0.39 is 0 Å². The van der Waals surface area contributed by atoms with E-state index in [2.05, 4.69) is 13.8 Å². The Bertz CT molecular complexity index is 91.6. The van der Waals surface area contributed by atoms with Crippen LogP contribution < -0.4 is 0 Å². The van der Waals surface area contributed by atoms with Crippen LogP contribution in [-0.4, -0.2) is 5.78 Å². The molecule has 0 spiro atoms. The Hall–Kier alpha value is 0.774. The van der Waals surface area contributed by atoms with Gasteiger partial charge in [0.2, 0.25) is 0 Å². The first-order chi connectivity index (χ1) is 4.20. The first-order valence-electron chi connectivity index (χ1n) is 3.55. The molecule has 0 aromatic carbocycles. The Morgan fingerprint density at radius 3 is 2.18 bits per heavy atom. The Kier molecular flexibility index (Phi) is 17.4. The molecule has 0 amide bonds. The van der Waals surface area contributed by atoms with Crippen LogP contribution in [0.1, 0.15) is 40.5 Å². The van der Waals surface area contributed by atoms with Crippen molar-refractivity contribution in [1.82, 2.24) is 0 Å². The van der Waals surface area contributed by atoms with E-state index in [0.29, 0.717) is 24.5 Å². The predicted octanol–water partition coefficient (Wildman–Crippen LogP) is 2.85. The zero-order valence-corrected chi connectivity index (χ0v) is 9.73. The van der Waals surface area contributed by atoms with Crippen molar-refractivity contribution in [2.24, 2.45) is 5.92 Å². The molecule has 0 aliphatic rings. The molecule has 65 valence electrons. The first-order valence-corrected chi connectivity index (χ1v) is 3.55. The largest absolute Gasteiger partial charge is 0.340 e. The van der Waals surface area contributed by atoms with Gasteiger partial charge in [0.25, 0.3) is 0 Å². The maximum atomic E-state index is 10.7. The summed E-state index contributed by atoms with van der Waals surface area (Å²) < 4.78 is 0. The SMILES string of the molecule is C.[CH2-]C(CC)CC(=O)CC.[Y]. The van der Waals surface area contributed by atoms with E-state index >= 15 is 0 Å². The van der Waals surface area contributed by atoms with Gasteiger partial charge in [-0.15, -0.1) is 0 Å². The maximum Gasteiger partial charge on any atom is 0.130 e. The van der Waals surface area contributed by atoms with Gasteiger partial charge >= 0.3 is 0 Å². The van der Waals surface area contributed by atoms with Crippen molar-refractivity contribution in [2.45, 2.75) is 40.5 Å². The van der Waals surface area contributed by atoms with Crippen molar-refractivity contribution < 1.29 is 37.5 Å². The second kappa shape index (κ2) is 10.8. The van der Waals surface area contributed by atoms with E-state index in [0.717, 1.165) is 6.42 Å². The Morgan fingerprint density at radius 2 is 1.91 bits per heavy atom. The van der Waals surface area contributed by atoms with Crippen LogP contribution in [0.4, 0.5) is 0 Å². The van der Waals surface area contributed by atoms with E-state index in [4.69, 9.17) is 0 Å². The monoisotopic (exact) mass is 232 g/mol. The number of hydrogen-bond donors (Lipinski definition) is 0.